The third-order valence-electron chi connectivity index (χ3n) is 11.6. The van der Waals surface area contributed by atoms with E-state index in [-0.39, 0.29) is 0 Å². The van der Waals surface area contributed by atoms with Crippen molar-refractivity contribution >= 4 is 58.2 Å². The summed E-state index contributed by atoms with van der Waals surface area (Å²) in [4.78, 5) is 2.24. The number of para-hydroxylation sites is 1. The molecule has 0 aliphatic carbocycles. The fraction of sp³-hybridized carbons (Fsp3) is 0.0164. The van der Waals surface area contributed by atoms with Gasteiger partial charge in [-0.3, -0.25) is 0 Å². The smallest absolute Gasteiger partial charge is 0.423 e. The highest BCUT2D eigenvalue weighted by atomic mass is 79.9. The summed E-state index contributed by atoms with van der Waals surface area (Å²) in [6.07, 6.45) is 0.996. The molecule has 0 amide bonds. The Morgan fingerprint density at radius 1 is 0.275 bits per heavy atom. The first-order chi connectivity index (χ1) is 33.8. The lowest BCUT2D eigenvalue weighted by molar-refractivity contribution is 0.424. The lowest BCUT2D eigenvalue weighted by atomic mass is 9.80. The summed E-state index contributed by atoms with van der Waals surface area (Å²) >= 11 is 3.38. The fourth-order valence-corrected chi connectivity index (χ4v) is 8.14. The molecule has 5 nitrogen and oxygen atoms in total. The standard InChI is InChI=1S/C30H24BNO2.C19H16.C12H10BBrO2/c33-31(34)27-17-11-24(12-18-27)26-15-21-30(22-16-26)32(28-9-5-2-6-10-28)29-19-13-25(14-20-29)23-7-3-1-4-8-23;1-3-7-16(8-4-1)15-17-11-13-19(14-12-17)18-9-5-2-6-10-18;14-12-7-3-10(4-8-12)9-1-5-11(6-2-9)13(15)16/h1-22,33-34H;1-14H,15H2;1-8,15-16H. The molecular formula is C61H50B2BrNO4. The molecule has 336 valence electrons. The number of nitrogens with zero attached hydrogens (tertiary/aromatic N) is 1. The highest BCUT2D eigenvalue weighted by molar-refractivity contribution is 9.10. The highest BCUT2D eigenvalue weighted by Crippen LogP contribution is 2.36. The number of rotatable bonds is 11. The van der Waals surface area contributed by atoms with Gasteiger partial charge in [0.05, 0.1) is 0 Å². The van der Waals surface area contributed by atoms with Gasteiger partial charge in [0.15, 0.2) is 0 Å². The van der Waals surface area contributed by atoms with Crippen LogP contribution in [0.15, 0.2) is 271 Å². The van der Waals surface area contributed by atoms with Crippen LogP contribution in [0.3, 0.4) is 0 Å². The Kier molecular flexibility index (Phi) is 16.6. The minimum absolute atomic E-state index is 0.481. The molecule has 0 aliphatic heterocycles. The van der Waals surface area contributed by atoms with Crippen LogP contribution in [0.5, 0.6) is 0 Å². The summed E-state index contributed by atoms with van der Waals surface area (Å²) in [6, 6.07) is 90.1. The average molecular weight is 963 g/mol. The minimum atomic E-state index is -1.45. The number of hydrogen-bond donors (Lipinski definition) is 4. The molecule has 0 unspecified atom stereocenters. The molecule has 0 aromatic heterocycles. The molecule has 10 aromatic rings. The molecule has 0 saturated heterocycles. The number of hydrogen-bond acceptors (Lipinski definition) is 5. The summed E-state index contributed by atoms with van der Waals surface area (Å²) in [5.41, 5.74) is 16.1. The SMILES string of the molecule is OB(O)c1ccc(-c2ccc(Br)cc2)cc1.OB(O)c1ccc(-c2ccc(N(c3ccccc3)c3ccc(-c4ccccc4)cc3)cc2)cc1.c1ccc(Cc2ccc(-c3ccccc3)cc2)cc1. The van der Waals surface area contributed by atoms with Crippen molar-refractivity contribution in [2.24, 2.45) is 0 Å². The normalized spacial score (nSPS) is 10.4. The summed E-state index contributed by atoms with van der Waals surface area (Å²) in [7, 11) is -2.86. The third kappa shape index (κ3) is 13.3. The zero-order valence-corrected chi connectivity index (χ0v) is 39.5. The lowest BCUT2D eigenvalue weighted by Crippen LogP contribution is -2.29. The van der Waals surface area contributed by atoms with E-state index in [1.165, 1.54) is 33.4 Å². The summed E-state index contributed by atoms with van der Waals surface area (Å²) in [5.74, 6) is 0. The highest BCUT2D eigenvalue weighted by Gasteiger charge is 2.14. The van der Waals surface area contributed by atoms with Crippen molar-refractivity contribution in [1.29, 1.82) is 0 Å². The van der Waals surface area contributed by atoms with Gasteiger partial charge < -0.3 is 25.0 Å². The quantitative estimate of drug-likeness (QED) is 0.0971. The zero-order valence-electron chi connectivity index (χ0n) is 37.9. The van der Waals surface area contributed by atoms with Crippen molar-refractivity contribution < 1.29 is 20.1 Å². The van der Waals surface area contributed by atoms with E-state index >= 15 is 0 Å². The predicted molar refractivity (Wildman–Crippen MR) is 292 cm³/mol. The molecule has 0 radical (unpaired) electrons. The van der Waals surface area contributed by atoms with Crippen molar-refractivity contribution in [3.8, 4) is 44.5 Å². The molecule has 0 bridgehead atoms. The molecule has 0 aliphatic rings. The Morgan fingerprint density at radius 2 is 0.536 bits per heavy atom. The molecule has 0 spiro atoms. The first-order valence-corrected chi connectivity index (χ1v) is 23.5. The number of anilines is 3. The van der Waals surface area contributed by atoms with Gasteiger partial charge in [0, 0.05) is 21.5 Å². The van der Waals surface area contributed by atoms with Crippen LogP contribution in [0.1, 0.15) is 11.1 Å². The van der Waals surface area contributed by atoms with Gasteiger partial charge in [-0.15, -0.1) is 0 Å². The zero-order chi connectivity index (χ0) is 47.8. The van der Waals surface area contributed by atoms with Gasteiger partial charge >= 0.3 is 14.2 Å². The summed E-state index contributed by atoms with van der Waals surface area (Å²) in [5, 5.41) is 36.6. The molecule has 0 heterocycles. The van der Waals surface area contributed by atoms with Crippen molar-refractivity contribution in [3.05, 3.63) is 283 Å². The van der Waals surface area contributed by atoms with Gasteiger partial charge in [-0.05, 0) is 122 Å². The van der Waals surface area contributed by atoms with Crippen molar-refractivity contribution in [2.75, 3.05) is 4.90 Å². The van der Waals surface area contributed by atoms with Crippen LogP contribution in [0, 0.1) is 0 Å². The summed E-state index contributed by atoms with van der Waals surface area (Å²) < 4.78 is 1.04. The topological polar surface area (TPSA) is 84.2 Å². The van der Waals surface area contributed by atoms with E-state index in [9.17, 15) is 10.0 Å². The maximum absolute atomic E-state index is 9.33. The maximum Gasteiger partial charge on any atom is 0.488 e. The van der Waals surface area contributed by atoms with E-state index in [2.05, 4.69) is 185 Å². The number of benzene rings is 10. The van der Waals surface area contributed by atoms with Crippen LogP contribution in [0.25, 0.3) is 44.5 Å². The van der Waals surface area contributed by atoms with E-state index in [1.807, 2.05) is 78.9 Å². The van der Waals surface area contributed by atoms with Gasteiger partial charge in [-0.25, -0.2) is 0 Å². The van der Waals surface area contributed by atoms with Gasteiger partial charge in [0.1, 0.15) is 0 Å². The van der Waals surface area contributed by atoms with Gasteiger partial charge in [-0.1, -0.05) is 234 Å². The van der Waals surface area contributed by atoms with Crippen LogP contribution < -0.4 is 15.8 Å². The van der Waals surface area contributed by atoms with Gasteiger partial charge in [-0.2, -0.15) is 0 Å². The predicted octanol–water partition coefficient (Wildman–Crippen LogP) is 12.9. The van der Waals surface area contributed by atoms with E-state index < -0.39 is 14.2 Å². The molecule has 0 saturated carbocycles. The Labute approximate surface area is 414 Å². The second kappa shape index (κ2) is 23.9. The van der Waals surface area contributed by atoms with E-state index in [1.54, 1.807) is 24.3 Å². The van der Waals surface area contributed by atoms with Crippen LogP contribution in [-0.4, -0.2) is 34.3 Å². The minimum Gasteiger partial charge on any atom is -0.423 e. The monoisotopic (exact) mass is 961 g/mol. The van der Waals surface area contributed by atoms with Gasteiger partial charge in [0.25, 0.3) is 0 Å². The third-order valence-corrected chi connectivity index (χ3v) is 12.1. The molecule has 0 atom stereocenters. The molecule has 10 aromatic carbocycles. The second-order valence-electron chi connectivity index (χ2n) is 16.4. The average Bonchev–Trinajstić information content (AvgIpc) is 3.41. The molecule has 69 heavy (non-hydrogen) atoms. The van der Waals surface area contributed by atoms with E-state index in [4.69, 9.17) is 10.0 Å². The molecule has 4 N–H and O–H groups in total. The fourth-order valence-electron chi connectivity index (χ4n) is 7.88. The van der Waals surface area contributed by atoms with Crippen LogP contribution in [0.4, 0.5) is 17.1 Å². The Bertz CT molecular complexity index is 3070. The van der Waals surface area contributed by atoms with Crippen LogP contribution >= 0.6 is 15.9 Å². The molecule has 10 rings (SSSR count). The van der Waals surface area contributed by atoms with Crippen LogP contribution in [0.2, 0.25) is 0 Å². The Balaban J connectivity index is 0.000000154. The Hall–Kier alpha value is -7.55. The summed E-state index contributed by atoms with van der Waals surface area (Å²) in [6.45, 7) is 0. The van der Waals surface area contributed by atoms with Crippen LogP contribution in [-0.2, 0) is 6.42 Å². The van der Waals surface area contributed by atoms with Crippen molar-refractivity contribution in [1.82, 2.24) is 0 Å². The largest absolute Gasteiger partial charge is 0.488 e. The first kappa shape index (κ1) is 47.9. The van der Waals surface area contributed by atoms with E-state index in [0.717, 1.165) is 50.2 Å². The number of halogens is 1. The first-order valence-electron chi connectivity index (χ1n) is 22.7. The van der Waals surface area contributed by atoms with Crippen molar-refractivity contribution in [3.63, 3.8) is 0 Å². The second-order valence-corrected chi connectivity index (χ2v) is 17.3. The van der Waals surface area contributed by atoms with E-state index in [0.29, 0.717) is 10.9 Å². The Morgan fingerprint density at radius 3 is 0.899 bits per heavy atom. The molecule has 0 fully saturated rings. The molecule has 8 heteroatoms. The maximum atomic E-state index is 9.33. The van der Waals surface area contributed by atoms with Crippen molar-refractivity contribution in [2.45, 2.75) is 6.42 Å². The van der Waals surface area contributed by atoms with Gasteiger partial charge in [0.2, 0.25) is 0 Å². The molecular weight excluding hydrogens is 912 g/mol. The lowest BCUT2D eigenvalue weighted by Gasteiger charge is -2.26.